The van der Waals surface area contributed by atoms with E-state index in [1.807, 2.05) is 63.2 Å². The molecule has 146 valence electrons. The molecule has 5 nitrogen and oxygen atoms in total. The van der Waals surface area contributed by atoms with Gasteiger partial charge >= 0.3 is 6.03 Å². The minimum Gasteiger partial charge on any atom is -0.495 e. The van der Waals surface area contributed by atoms with Crippen molar-refractivity contribution in [2.24, 2.45) is 0 Å². The van der Waals surface area contributed by atoms with Crippen LogP contribution >= 0.6 is 11.6 Å². The topological polar surface area (TPSA) is 55.3 Å². The van der Waals surface area contributed by atoms with Crippen molar-refractivity contribution in [1.82, 2.24) is 9.88 Å². The van der Waals surface area contributed by atoms with Gasteiger partial charge in [0.05, 0.1) is 12.8 Å². The van der Waals surface area contributed by atoms with Crippen LogP contribution in [0.3, 0.4) is 0 Å². The average Bonchev–Trinajstić information content (AvgIpc) is 2.93. The lowest BCUT2D eigenvalue weighted by Crippen LogP contribution is -2.28. The van der Waals surface area contributed by atoms with Gasteiger partial charge in [0.2, 0.25) is 0 Å². The molecule has 2 N–H and O–H groups in total. The number of nitrogens with zero attached hydrogens (tertiary/aromatic N) is 1. The first-order valence-electron chi connectivity index (χ1n) is 9.02. The molecule has 0 fully saturated rings. The number of halogens is 1. The van der Waals surface area contributed by atoms with Crippen LogP contribution in [-0.2, 0) is 6.54 Å². The molecule has 2 amide bonds. The van der Waals surface area contributed by atoms with Crippen LogP contribution in [0.5, 0.6) is 5.75 Å². The predicted molar refractivity (Wildman–Crippen MR) is 114 cm³/mol. The van der Waals surface area contributed by atoms with E-state index in [1.165, 1.54) is 0 Å². The average molecular weight is 398 g/mol. The van der Waals surface area contributed by atoms with Crippen molar-refractivity contribution in [1.29, 1.82) is 0 Å². The molecule has 0 aliphatic carbocycles. The van der Waals surface area contributed by atoms with Gasteiger partial charge in [-0.15, -0.1) is 0 Å². The molecule has 28 heavy (non-hydrogen) atoms. The molecule has 0 atom stereocenters. The van der Waals surface area contributed by atoms with Crippen molar-refractivity contribution in [3.05, 3.63) is 76.1 Å². The molecule has 2 aromatic carbocycles. The number of hydrogen-bond donors (Lipinski definition) is 2. The molecule has 1 heterocycles. The Hall–Kier alpha value is -2.92. The monoisotopic (exact) mass is 397 g/mol. The number of ether oxygens (including phenoxy) is 1. The standard InChI is InChI=1S/C22H24ClN3O2/c1-14-8-9-21(28-4)20(10-14)25-22(27)24-13-17-11-15(2)26(16(17)3)19-7-5-6-18(23)12-19/h5-12H,13H2,1-4H3,(H2,24,25,27). The Balaban J connectivity index is 1.72. The number of aromatic nitrogens is 1. The number of urea groups is 1. The van der Waals surface area contributed by atoms with Gasteiger partial charge in [-0.05, 0) is 68.3 Å². The van der Waals surface area contributed by atoms with E-state index in [0.29, 0.717) is 23.0 Å². The molecule has 0 saturated heterocycles. The summed E-state index contributed by atoms with van der Waals surface area (Å²) in [6.07, 6.45) is 0. The van der Waals surface area contributed by atoms with Crippen LogP contribution in [0.25, 0.3) is 5.69 Å². The van der Waals surface area contributed by atoms with E-state index >= 15 is 0 Å². The van der Waals surface area contributed by atoms with Gasteiger partial charge < -0.3 is 19.9 Å². The summed E-state index contributed by atoms with van der Waals surface area (Å²) >= 11 is 6.13. The normalized spacial score (nSPS) is 10.6. The van der Waals surface area contributed by atoms with Crippen LogP contribution in [-0.4, -0.2) is 17.7 Å². The van der Waals surface area contributed by atoms with Crippen molar-refractivity contribution in [2.45, 2.75) is 27.3 Å². The molecular weight excluding hydrogens is 374 g/mol. The predicted octanol–water partition coefficient (Wildman–Crippen LogP) is 5.39. The number of anilines is 1. The second-order valence-corrected chi connectivity index (χ2v) is 7.16. The quantitative estimate of drug-likeness (QED) is 0.606. The molecule has 3 rings (SSSR count). The molecule has 0 spiro atoms. The lowest BCUT2D eigenvalue weighted by atomic mass is 10.2. The Kier molecular flexibility index (Phi) is 5.95. The summed E-state index contributed by atoms with van der Waals surface area (Å²) in [6.45, 7) is 6.45. The smallest absolute Gasteiger partial charge is 0.319 e. The zero-order valence-corrected chi connectivity index (χ0v) is 17.2. The van der Waals surface area contributed by atoms with E-state index in [-0.39, 0.29) is 6.03 Å². The van der Waals surface area contributed by atoms with Crippen molar-refractivity contribution < 1.29 is 9.53 Å². The Morgan fingerprint density at radius 2 is 1.89 bits per heavy atom. The molecule has 6 heteroatoms. The van der Waals surface area contributed by atoms with Crippen LogP contribution in [0, 0.1) is 20.8 Å². The molecule has 0 aliphatic rings. The summed E-state index contributed by atoms with van der Waals surface area (Å²) in [5.41, 5.74) is 5.88. The van der Waals surface area contributed by atoms with Crippen molar-refractivity contribution >= 4 is 23.3 Å². The Bertz CT molecular complexity index is 1010. The summed E-state index contributed by atoms with van der Waals surface area (Å²) in [7, 11) is 1.58. The van der Waals surface area contributed by atoms with E-state index in [4.69, 9.17) is 16.3 Å². The second-order valence-electron chi connectivity index (χ2n) is 6.72. The molecule has 0 bridgehead atoms. The van der Waals surface area contributed by atoms with E-state index in [0.717, 1.165) is 28.2 Å². The number of hydrogen-bond acceptors (Lipinski definition) is 2. The van der Waals surface area contributed by atoms with Gasteiger partial charge in [0, 0.05) is 28.6 Å². The molecule has 0 saturated carbocycles. The Labute approximate surface area is 170 Å². The number of benzene rings is 2. The van der Waals surface area contributed by atoms with Crippen LogP contribution < -0.4 is 15.4 Å². The number of rotatable bonds is 5. The van der Waals surface area contributed by atoms with Crippen LogP contribution in [0.4, 0.5) is 10.5 Å². The molecule has 1 aromatic heterocycles. The summed E-state index contributed by atoms with van der Waals surface area (Å²) in [6, 6.07) is 15.2. The highest BCUT2D eigenvalue weighted by Crippen LogP contribution is 2.25. The molecule has 0 radical (unpaired) electrons. The third-order valence-electron chi connectivity index (χ3n) is 4.64. The maximum absolute atomic E-state index is 12.4. The maximum Gasteiger partial charge on any atom is 0.319 e. The second kappa shape index (κ2) is 8.40. The highest BCUT2D eigenvalue weighted by Gasteiger charge is 2.13. The van der Waals surface area contributed by atoms with Gasteiger partial charge in [0.1, 0.15) is 5.75 Å². The number of methoxy groups -OCH3 is 1. The first kappa shape index (κ1) is 19.8. The lowest BCUT2D eigenvalue weighted by Gasteiger charge is -2.13. The fourth-order valence-electron chi connectivity index (χ4n) is 3.28. The third kappa shape index (κ3) is 4.31. The molecule has 0 aliphatic heterocycles. The number of carbonyl (C=O) groups is 1. The summed E-state index contributed by atoms with van der Waals surface area (Å²) in [5.74, 6) is 0.625. The van der Waals surface area contributed by atoms with E-state index < -0.39 is 0 Å². The largest absolute Gasteiger partial charge is 0.495 e. The summed E-state index contributed by atoms with van der Waals surface area (Å²) < 4.78 is 7.43. The first-order chi connectivity index (χ1) is 13.4. The van der Waals surface area contributed by atoms with Crippen molar-refractivity contribution in [3.8, 4) is 11.4 Å². The SMILES string of the molecule is COc1ccc(C)cc1NC(=O)NCc1cc(C)n(-c2cccc(Cl)c2)c1C. The minimum atomic E-state index is -0.281. The summed E-state index contributed by atoms with van der Waals surface area (Å²) in [5, 5.41) is 6.46. The van der Waals surface area contributed by atoms with Gasteiger partial charge in [-0.25, -0.2) is 4.79 Å². The number of nitrogens with one attached hydrogen (secondary N) is 2. The van der Waals surface area contributed by atoms with E-state index in [9.17, 15) is 4.79 Å². The molecular formula is C22H24ClN3O2. The first-order valence-corrected chi connectivity index (χ1v) is 9.40. The highest BCUT2D eigenvalue weighted by molar-refractivity contribution is 6.30. The fourth-order valence-corrected chi connectivity index (χ4v) is 3.47. The van der Waals surface area contributed by atoms with Gasteiger partial charge in [-0.2, -0.15) is 0 Å². The lowest BCUT2D eigenvalue weighted by molar-refractivity contribution is 0.251. The number of carbonyl (C=O) groups excluding carboxylic acids is 1. The highest BCUT2D eigenvalue weighted by atomic mass is 35.5. The summed E-state index contributed by atoms with van der Waals surface area (Å²) in [4.78, 5) is 12.4. The molecule has 3 aromatic rings. The number of aryl methyl sites for hydroxylation is 2. The molecule has 0 unspecified atom stereocenters. The zero-order valence-electron chi connectivity index (χ0n) is 16.5. The van der Waals surface area contributed by atoms with Gasteiger partial charge in [-0.3, -0.25) is 0 Å². The van der Waals surface area contributed by atoms with Gasteiger partial charge in [0.15, 0.2) is 0 Å². The van der Waals surface area contributed by atoms with Crippen LogP contribution in [0.15, 0.2) is 48.5 Å². The van der Waals surface area contributed by atoms with Crippen molar-refractivity contribution in [2.75, 3.05) is 12.4 Å². The zero-order chi connectivity index (χ0) is 20.3. The Morgan fingerprint density at radius 3 is 2.61 bits per heavy atom. The Morgan fingerprint density at radius 1 is 1.11 bits per heavy atom. The third-order valence-corrected chi connectivity index (χ3v) is 4.88. The fraction of sp³-hybridized carbons (Fsp3) is 0.227. The van der Waals surface area contributed by atoms with Gasteiger partial charge in [-0.1, -0.05) is 23.7 Å². The maximum atomic E-state index is 12.4. The minimum absolute atomic E-state index is 0.281. The van der Waals surface area contributed by atoms with Crippen LogP contribution in [0.1, 0.15) is 22.5 Å². The van der Waals surface area contributed by atoms with Crippen LogP contribution in [0.2, 0.25) is 5.02 Å². The van der Waals surface area contributed by atoms with E-state index in [2.05, 4.69) is 21.3 Å². The van der Waals surface area contributed by atoms with E-state index in [1.54, 1.807) is 7.11 Å². The van der Waals surface area contributed by atoms with Gasteiger partial charge in [0.25, 0.3) is 0 Å². The number of amides is 2. The van der Waals surface area contributed by atoms with Crippen molar-refractivity contribution in [3.63, 3.8) is 0 Å².